The van der Waals surface area contributed by atoms with Gasteiger partial charge in [0, 0.05) is 25.3 Å². The molecule has 0 saturated heterocycles. The normalized spacial score (nSPS) is 14.8. The summed E-state index contributed by atoms with van der Waals surface area (Å²) in [6.07, 6.45) is 15.6. The summed E-state index contributed by atoms with van der Waals surface area (Å²) in [5, 5.41) is 11.9. The Morgan fingerprint density at radius 3 is 2.50 bits per heavy atom. The van der Waals surface area contributed by atoms with Crippen LogP contribution in [0.4, 0.5) is 0 Å². The third kappa shape index (κ3) is 6.51. The molecule has 0 aliphatic heterocycles. The Balaban J connectivity index is 1.46. The minimum Gasteiger partial charge on any atom is -0.308 e. The van der Waals surface area contributed by atoms with Gasteiger partial charge in [-0.3, -0.25) is 4.68 Å². The van der Waals surface area contributed by atoms with E-state index < -0.39 is 0 Å². The van der Waals surface area contributed by atoms with Gasteiger partial charge in [0.05, 0.1) is 5.69 Å². The maximum Gasteiger partial charge on any atom is 0.0964 e. The van der Waals surface area contributed by atoms with Crippen molar-refractivity contribution in [3.63, 3.8) is 0 Å². The zero-order valence-electron chi connectivity index (χ0n) is 13.0. The lowest BCUT2D eigenvalue weighted by Gasteiger charge is -2.02. The second-order valence-corrected chi connectivity index (χ2v) is 6.10. The molecule has 1 N–H and O–H groups in total. The molecule has 0 atom stereocenters. The van der Waals surface area contributed by atoms with E-state index in [4.69, 9.17) is 0 Å². The van der Waals surface area contributed by atoms with Gasteiger partial charge in [0.1, 0.15) is 0 Å². The molecular formula is C16H30N4. The summed E-state index contributed by atoms with van der Waals surface area (Å²) in [5.41, 5.74) is 1.08. The maximum atomic E-state index is 4.22. The van der Waals surface area contributed by atoms with Gasteiger partial charge in [0.15, 0.2) is 0 Å². The van der Waals surface area contributed by atoms with E-state index in [0.29, 0.717) is 0 Å². The standard InChI is InChI=1S/C16H30N4/c1-2-3-4-5-6-7-8-9-12-20-14-16(18-19-20)13-17-15-10-11-15/h14-15,17H,2-13H2,1H3. The zero-order valence-corrected chi connectivity index (χ0v) is 13.0. The van der Waals surface area contributed by atoms with E-state index in [9.17, 15) is 0 Å². The molecule has 1 aliphatic carbocycles. The zero-order chi connectivity index (χ0) is 14.0. The Hall–Kier alpha value is -0.900. The third-order valence-corrected chi connectivity index (χ3v) is 3.98. The van der Waals surface area contributed by atoms with E-state index in [1.165, 1.54) is 64.2 Å². The van der Waals surface area contributed by atoms with Crippen molar-refractivity contribution >= 4 is 0 Å². The fourth-order valence-corrected chi connectivity index (χ4v) is 2.47. The molecule has 0 spiro atoms. The number of nitrogens with zero attached hydrogens (tertiary/aromatic N) is 3. The van der Waals surface area contributed by atoms with Crippen molar-refractivity contribution in [1.29, 1.82) is 0 Å². The predicted octanol–water partition coefficient (Wildman–Crippen LogP) is 3.67. The van der Waals surface area contributed by atoms with Gasteiger partial charge in [-0.25, -0.2) is 0 Å². The molecule has 2 rings (SSSR count). The quantitative estimate of drug-likeness (QED) is 0.593. The average molecular weight is 278 g/mol. The molecule has 0 bridgehead atoms. The number of nitrogens with one attached hydrogen (secondary N) is 1. The van der Waals surface area contributed by atoms with Gasteiger partial charge in [0.2, 0.25) is 0 Å². The average Bonchev–Trinajstić information content (AvgIpc) is 3.18. The highest BCUT2D eigenvalue weighted by atomic mass is 15.4. The molecule has 1 fully saturated rings. The maximum absolute atomic E-state index is 4.22. The van der Waals surface area contributed by atoms with Crippen LogP contribution in [0, 0.1) is 0 Å². The molecule has 0 radical (unpaired) electrons. The Morgan fingerprint density at radius 1 is 1.10 bits per heavy atom. The van der Waals surface area contributed by atoms with Gasteiger partial charge < -0.3 is 5.32 Å². The highest BCUT2D eigenvalue weighted by Crippen LogP contribution is 2.18. The lowest BCUT2D eigenvalue weighted by atomic mass is 10.1. The lowest BCUT2D eigenvalue weighted by Crippen LogP contribution is -2.15. The summed E-state index contributed by atoms with van der Waals surface area (Å²) in [7, 11) is 0. The number of hydrogen-bond acceptors (Lipinski definition) is 3. The van der Waals surface area contributed by atoms with Crippen LogP contribution in [0.15, 0.2) is 6.20 Å². The molecule has 1 aliphatic rings. The number of hydrogen-bond donors (Lipinski definition) is 1. The molecule has 1 saturated carbocycles. The van der Waals surface area contributed by atoms with Crippen LogP contribution in [0.3, 0.4) is 0 Å². The van der Waals surface area contributed by atoms with Crippen molar-refractivity contribution in [2.75, 3.05) is 0 Å². The predicted molar refractivity (Wildman–Crippen MR) is 82.5 cm³/mol. The number of unbranched alkanes of at least 4 members (excludes halogenated alkanes) is 7. The first-order valence-electron chi connectivity index (χ1n) is 8.51. The Labute approximate surface area is 123 Å². The fourth-order valence-electron chi connectivity index (χ4n) is 2.47. The van der Waals surface area contributed by atoms with Crippen molar-refractivity contribution in [2.45, 2.75) is 90.3 Å². The molecule has 4 heteroatoms. The summed E-state index contributed by atoms with van der Waals surface area (Å²) >= 11 is 0. The van der Waals surface area contributed by atoms with E-state index in [1.54, 1.807) is 0 Å². The van der Waals surface area contributed by atoms with Gasteiger partial charge >= 0.3 is 0 Å². The second kappa shape index (κ2) is 9.11. The van der Waals surface area contributed by atoms with Crippen molar-refractivity contribution < 1.29 is 0 Å². The van der Waals surface area contributed by atoms with Crippen LogP contribution in [0.25, 0.3) is 0 Å². The van der Waals surface area contributed by atoms with Crippen LogP contribution in [0.1, 0.15) is 76.8 Å². The second-order valence-electron chi connectivity index (χ2n) is 6.10. The van der Waals surface area contributed by atoms with Gasteiger partial charge in [-0.15, -0.1) is 5.10 Å². The first kappa shape index (κ1) is 15.5. The number of aryl methyl sites for hydroxylation is 1. The number of rotatable bonds is 12. The summed E-state index contributed by atoms with van der Waals surface area (Å²) < 4.78 is 2.00. The monoisotopic (exact) mass is 278 g/mol. The van der Waals surface area contributed by atoms with Gasteiger partial charge in [-0.05, 0) is 19.3 Å². The fraction of sp³-hybridized carbons (Fsp3) is 0.875. The van der Waals surface area contributed by atoms with E-state index >= 15 is 0 Å². The van der Waals surface area contributed by atoms with E-state index in [2.05, 4.69) is 28.7 Å². The van der Waals surface area contributed by atoms with Crippen molar-refractivity contribution in [3.8, 4) is 0 Å². The Morgan fingerprint density at radius 2 is 1.80 bits per heavy atom. The SMILES string of the molecule is CCCCCCCCCCn1cc(CNC2CC2)nn1. The highest BCUT2D eigenvalue weighted by Gasteiger charge is 2.20. The van der Waals surface area contributed by atoms with Crippen molar-refractivity contribution in [1.82, 2.24) is 20.3 Å². The van der Waals surface area contributed by atoms with Crippen LogP contribution in [-0.4, -0.2) is 21.0 Å². The summed E-state index contributed by atoms with van der Waals surface area (Å²) in [6, 6.07) is 0.743. The first-order chi connectivity index (χ1) is 9.88. The molecule has 1 heterocycles. The summed E-state index contributed by atoms with van der Waals surface area (Å²) in [6.45, 7) is 4.17. The molecule has 1 aromatic rings. The van der Waals surface area contributed by atoms with E-state index in [1.807, 2.05) is 4.68 Å². The van der Waals surface area contributed by atoms with Crippen molar-refractivity contribution in [3.05, 3.63) is 11.9 Å². The van der Waals surface area contributed by atoms with Crippen LogP contribution in [-0.2, 0) is 13.1 Å². The molecule has 1 aromatic heterocycles. The van der Waals surface area contributed by atoms with Gasteiger partial charge in [-0.1, -0.05) is 57.1 Å². The third-order valence-electron chi connectivity index (χ3n) is 3.98. The van der Waals surface area contributed by atoms with Crippen LogP contribution in [0.2, 0.25) is 0 Å². The first-order valence-corrected chi connectivity index (χ1v) is 8.51. The summed E-state index contributed by atoms with van der Waals surface area (Å²) in [4.78, 5) is 0. The van der Waals surface area contributed by atoms with E-state index in [-0.39, 0.29) is 0 Å². The van der Waals surface area contributed by atoms with E-state index in [0.717, 1.165) is 24.8 Å². The molecule has 0 aromatic carbocycles. The smallest absolute Gasteiger partial charge is 0.0964 e. The van der Waals surface area contributed by atoms with Crippen LogP contribution >= 0.6 is 0 Å². The minimum absolute atomic E-state index is 0.743. The van der Waals surface area contributed by atoms with Gasteiger partial charge in [0.25, 0.3) is 0 Å². The molecular weight excluding hydrogens is 248 g/mol. The lowest BCUT2D eigenvalue weighted by molar-refractivity contribution is 0.510. The van der Waals surface area contributed by atoms with Crippen LogP contribution in [0.5, 0.6) is 0 Å². The molecule has 20 heavy (non-hydrogen) atoms. The largest absolute Gasteiger partial charge is 0.308 e. The highest BCUT2D eigenvalue weighted by molar-refractivity contribution is 4.94. The Kier molecular flexibility index (Phi) is 7.06. The minimum atomic E-state index is 0.743. The molecule has 0 unspecified atom stereocenters. The summed E-state index contributed by atoms with van der Waals surface area (Å²) in [5.74, 6) is 0. The molecule has 4 nitrogen and oxygen atoms in total. The van der Waals surface area contributed by atoms with Crippen LogP contribution < -0.4 is 5.32 Å². The Bertz CT molecular complexity index is 357. The van der Waals surface area contributed by atoms with Gasteiger partial charge in [-0.2, -0.15) is 0 Å². The molecule has 114 valence electrons. The molecule has 0 amide bonds. The number of aromatic nitrogens is 3. The van der Waals surface area contributed by atoms with Crippen molar-refractivity contribution in [2.24, 2.45) is 0 Å². The topological polar surface area (TPSA) is 42.7 Å².